The van der Waals surface area contributed by atoms with E-state index in [0.29, 0.717) is 0 Å². The molecule has 0 aromatic heterocycles. The van der Waals surface area contributed by atoms with Gasteiger partial charge in [0, 0.05) is 30.0 Å². The minimum Gasteiger partial charge on any atom is -0.510 e. The van der Waals surface area contributed by atoms with Crippen molar-refractivity contribution in [2.45, 2.75) is 141 Å². The number of amides is 2. The molecule has 0 radical (unpaired) electrons. The molecule has 1 aromatic carbocycles. The van der Waals surface area contributed by atoms with Gasteiger partial charge in [-0.25, -0.2) is 0 Å². The molecule has 24 N–H and O–H groups in total. The lowest BCUT2D eigenvalue weighted by atomic mass is 9.55. The van der Waals surface area contributed by atoms with E-state index in [1.165, 1.54) is 44.1 Å². The molecule has 0 spiro atoms. The SMILES string of the molecule is CN(C)[C@@H]1C(O)=C(C(N)=O)C(=O)[C@@]2(O)C(O)=C3C(=O)c4c(O)cccc4[C@@](C)(O)[C@H]3C[C@@H]12.NCC[C@H](O)C(=O)N[C@@H]1C[C@H](N)[C@@H](O[C@H]2O[C@H](CN)[C@@H](O)[C@H](O)[C@H]2O)[C@H](O)[C@H]1O[C@H]1O[C@H](CO)[C@@H](O)[C@H](N)[C@H]1O. The largest absolute Gasteiger partial charge is 0.510 e. The molecule has 28 heteroatoms. The van der Waals surface area contributed by atoms with Crippen LogP contribution in [0.25, 0.3) is 0 Å². The number of nitrogens with zero attached hydrogens (tertiary/aromatic N) is 1. The second-order valence-corrected chi connectivity index (χ2v) is 19.3. The monoisotopic (exact) mass is 1030 g/mol. The number of carbonyl (C=O) groups excluding carboxylic acids is 4. The summed E-state index contributed by atoms with van der Waals surface area (Å²) in [5, 5.41) is 140. The Hall–Kier alpha value is -4.38. The van der Waals surface area contributed by atoms with Gasteiger partial charge in [-0.15, -0.1) is 0 Å². The highest BCUT2D eigenvalue weighted by molar-refractivity contribution is 6.24. The fourth-order valence-electron chi connectivity index (χ4n) is 10.6. The summed E-state index contributed by atoms with van der Waals surface area (Å²) < 4.78 is 22.5. The summed E-state index contributed by atoms with van der Waals surface area (Å²) in [6, 6.07) is -0.404. The Bertz CT molecular complexity index is 2270. The van der Waals surface area contributed by atoms with E-state index in [1.54, 1.807) is 0 Å². The lowest BCUT2D eigenvalue weighted by Gasteiger charge is -2.52. The van der Waals surface area contributed by atoms with Gasteiger partial charge in [0.25, 0.3) is 5.91 Å². The van der Waals surface area contributed by atoms with Gasteiger partial charge in [0.15, 0.2) is 24.0 Å². The molecule has 2 saturated heterocycles. The molecule has 28 nitrogen and oxygen atoms in total. The van der Waals surface area contributed by atoms with E-state index in [-0.39, 0.29) is 43.5 Å². The van der Waals surface area contributed by atoms with Crippen molar-refractivity contribution in [1.29, 1.82) is 0 Å². The van der Waals surface area contributed by atoms with Crippen LogP contribution in [0.5, 0.6) is 5.75 Å². The van der Waals surface area contributed by atoms with Gasteiger partial charge >= 0.3 is 0 Å². The standard InChI is InChI=1S/C22H43N5O13.C22H24N2O8/c23-2-1-8(29)20(36)27-7-3-6(25)18(39-22-16(34)15(33)13(31)9(4-24)37-22)17(35)19(7)40-21-14(32)11(26)12(30)10(5-28)38-21;1-21(31)8-5-4-6-11(25)12(8)16(26)13-9(21)7-10-15(24(2)3)17(27)14(20(23)30)19(29)22(10,32)18(13)28/h6-19,21-22,28-35H,1-5,23-26H2,(H,27,36);4-6,9-10,15,25,27-28,31-32H,7H2,1-3H3,(H2,23,30)/t6-,7+,8-,9+,10+,11-,12+,13+,14+,15-,16+,17-,18+,19-,21+,22+;9-,10-,15-,21+,22-/m00/s1. The van der Waals surface area contributed by atoms with Crippen LogP contribution in [0.15, 0.2) is 40.9 Å². The van der Waals surface area contributed by atoms with Crippen molar-refractivity contribution in [1.82, 2.24) is 10.2 Å². The Balaban J connectivity index is 0.000000241. The highest BCUT2D eigenvalue weighted by Crippen LogP contribution is 2.56. The van der Waals surface area contributed by atoms with Crippen molar-refractivity contribution in [2.75, 3.05) is 33.8 Å². The Morgan fingerprint density at radius 3 is 2.07 bits per heavy atom. The molecule has 3 fully saturated rings. The molecule has 21 atom stereocenters. The smallest absolute Gasteiger partial charge is 0.255 e. The number of hydrogen-bond acceptors (Lipinski definition) is 26. The van der Waals surface area contributed by atoms with E-state index in [9.17, 15) is 85.6 Å². The van der Waals surface area contributed by atoms with E-state index < -0.39 is 185 Å². The predicted octanol–water partition coefficient (Wildman–Crippen LogP) is -8.64. The molecular formula is C44H67N7O21. The molecule has 2 heterocycles. The number of rotatable bonds is 12. The Morgan fingerprint density at radius 1 is 0.875 bits per heavy atom. The van der Waals surface area contributed by atoms with Crippen LogP contribution in [-0.4, -0.2) is 238 Å². The first kappa shape index (κ1) is 56.9. The summed E-state index contributed by atoms with van der Waals surface area (Å²) in [7, 11) is 3.06. The fraction of sp³-hybridized carbons (Fsp3) is 0.682. The predicted molar refractivity (Wildman–Crippen MR) is 241 cm³/mol. The van der Waals surface area contributed by atoms with Gasteiger partial charge < -0.3 is 119 Å². The van der Waals surface area contributed by atoms with Crippen molar-refractivity contribution in [3.05, 3.63) is 52.0 Å². The van der Waals surface area contributed by atoms with Crippen LogP contribution >= 0.6 is 0 Å². The third-order valence-electron chi connectivity index (χ3n) is 14.5. The number of nitrogens with one attached hydrogen (secondary N) is 1. The molecule has 1 saturated carbocycles. The van der Waals surface area contributed by atoms with Crippen LogP contribution in [-0.2, 0) is 38.9 Å². The van der Waals surface area contributed by atoms with Gasteiger partial charge in [-0.2, -0.15) is 0 Å². The number of hydrogen-bond donors (Lipinski definition) is 19. The fourth-order valence-corrected chi connectivity index (χ4v) is 10.6. The number of likely N-dealkylation sites (N-methyl/N-ethyl adjacent to an activating group) is 1. The minimum atomic E-state index is -2.75. The van der Waals surface area contributed by atoms with Crippen molar-refractivity contribution in [2.24, 2.45) is 40.5 Å². The van der Waals surface area contributed by atoms with E-state index in [0.717, 1.165) is 0 Å². The summed E-state index contributed by atoms with van der Waals surface area (Å²) in [6.45, 7) is 0.504. The molecule has 2 amide bonds. The molecule has 0 unspecified atom stereocenters. The van der Waals surface area contributed by atoms with Crippen LogP contribution in [0.2, 0.25) is 0 Å². The first-order valence-corrected chi connectivity index (χ1v) is 23.0. The zero-order valence-corrected chi connectivity index (χ0v) is 39.4. The zero-order chi connectivity index (χ0) is 53.8. The maximum Gasteiger partial charge on any atom is 0.255 e. The Morgan fingerprint density at radius 2 is 1.49 bits per heavy atom. The number of aliphatic hydroxyl groups is 12. The topological polar surface area (TPSA) is 514 Å². The van der Waals surface area contributed by atoms with Crippen molar-refractivity contribution < 1.29 is 105 Å². The number of ether oxygens (including phenoxy) is 4. The van der Waals surface area contributed by atoms with Crippen LogP contribution in [0.1, 0.15) is 42.1 Å². The number of Topliss-reactive ketones (excluding diaryl/α,β-unsaturated/α-hetero) is 2. The van der Waals surface area contributed by atoms with Gasteiger partial charge in [-0.1, -0.05) is 12.1 Å². The van der Waals surface area contributed by atoms with Crippen LogP contribution in [0.4, 0.5) is 0 Å². The number of ketones is 2. The van der Waals surface area contributed by atoms with E-state index in [2.05, 4.69) is 5.32 Å². The third kappa shape index (κ3) is 9.87. The van der Waals surface area contributed by atoms with Gasteiger partial charge in [0.2, 0.25) is 11.7 Å². The summed E-state index contributed by atoms with van der Waals surface area (Å²) in [4.78, 5) is 52.4. The van der Waals surface area contributed by atoms with Gasteiger partial charge in [0.1, 0.15) is 90.0 Å². The van der Waals surface area contributed by atoms with Gasteiger partial charge in [0.05, 0.1) is 35.9 Å². The number of nitrogens with two attached hydrogens (primary N) is 5. The zero-order valence-electron chi connectivity index (χ0n) is 39.4. The number of carbonyl (C=O) groups is 4. The van der Waals surface area contributed by atoms with E-state index in [4.69, 9.17) is 47.6 Å². The first-order valence-electron chi connectivity index (χ1n) is 23.0. The first-order chi connectivity index (χ1) is 33.6. The summed E-state index contributed by atoms with van der Waals surface area (Å²) in [6.07, 6.45) is -20.0. The molecule has 6 aliphatic rings. The van der Waals surface area contributed by atoms with E-state index >= 15 is 0 Å². The quantitative estimate of drug-likeness (QED) is 0.0865. The number of phenols is 1. The second-order valence-electron chi connectivity index (χ2n) is 19.3. The third-order valence-corrected chi connectivity index (χ3v) is 14.5. The van der Waals surface area contributed by atoms with E-state index in [1.807, 2.05) is 0 Å². The Kier molecular flexibility index (Phi) is 17.3. The maximum atomic E-state index is 13.3. The highest BCUT2D eigenvalue weighted by atomic mass is 16.7. The number of aliphatic hydroxyl groups excluding tert-OH is 10. The lowest BCUT2D eigenvalue weighted by Crippen LogP contribution is -2.69. The highest BCUT2D eigenvalue weighted by Gasteiger charge is 2.66. The molecule has 0 bridgehead atoms. The average Bonchev–Trinajstić information content (AvgIpc) is 3.31. The number of primary amides is 1. The second kappa shape index (κ2) is 21.8. The van der Waals surface area contributed by atoms with Crippen molar-refractivity contribution >= 4 is 23.4 Å². The Labute approximate surface area is 410 Å². The summed E-state index contributed by atoms with van der Waals surface area (Å²) in [5.74, 6) is -8.74. The number of phenolic OH excluding ortho intramolecular Hbond substituents is 1. The van der Waals surface area contributed by atoms with Gasteiger partial charge in [-0.05, 0) is 58.5 Å². The maximum absolute atomic E-state index is 13.3. The molecule has 4 aliphatic carbocycles. The van der Waals surface area contributed by atoms with Crippen molar-refractivity contribution in [3.8, 4) is 5.75 Å². The molecule has 7 rings (SSSR count). The molecule has 404 valence electrons. The number of fused-ring (bicyclic) bond motifs is 3. The van der Waals surface area contributed by atoms with Crippen LogP contribution in [0.3, 0.4) is 0 Å². The number of benzene rings is 1. The van der Waals surface area contributed by atoms with Crippen LogP contribution in [0, 0.1) is 11.8 Å². The average molecular weight is 1030 g/mol. The summed E-state index contributed by atoms with van der Waals surface area (Å²) in [5.41, 5.74) is 22.4. The van der Waals surface area contributed by atoms with Crippen molar-refractivity contribution in [3.63, 3.8) is 0 Å². The molecular weight excluding hydrogens is 963 g/mol. The normalized spacial score (nSPS) is 41.4. The molecule has 1 aromatic rings. The van der Waals surface area contributed by atoms with Gasteiger partial charge in [-0.3, -0.25) is 24.1 Å². The number of aromatic hydroxyl groups is 1. The summed E-state index contributed by atoms with van der Waals surface area (Å²) >= 11 is 0. The van der Waals surface area contributed by atoms with Crippen LogP contribution < -0.4 is 34.0 Å². The molecule has 2 aliphatic heterocycles. The molecule has 72 heavy (non-hydrogen) atoms. The lowest BCUT2D eigenvalue weighted by molar-refractivity contribution is -0.332. The minimum absolute atomic E-state index is 0.0101.